The average Bonchev–Trinajstić information content (AvgIpc) is 2.41. The molecule has 0 amide bonds. The van der Waals surface area contributed by atoms with Gasteiger partial charge in [0.1, 0.15) is 0 Å². The van der Waals surface area contributed by atoms with Gasteiger partial charge in [0.25, 0.3) is 5.56 Å². The molecule has 1 heterocycles. The molecule has 0 saturated heterocycles. The fourth-order valence-corrected chi connectivity index (χ4v) is 2.81. The van der Waals surface area contributed by atoms with Crippen LogP contribution < -0.4 is 5.56 Å². The van der Waals surface area contributed by atoms with Crippen LogP contribution >= 0.6 is 38.5 Å². The van der Waals surface area contributed by atoms with Crippen molar-refractivity contribution in [2.45, 2.75) is 58.4 Å². The minimum atomic E-state index is 0.102. The minimum absolute atomic E-state index is 0.102. The Labute approximate surface area is 137 Å². The van der Waals surface area contributed by atoms with E-state index < -0.39 is 0 Å². The van der Waals surface area contributed by atoms with Gasteiger partial charge in [0, 0.05) is 11.9 Å². The summed E-state index contributed by atoms with van der Waals surface area (Å²) in [7, 11) is 0. The van der Waals surface area contributed by atoms with Gasteiger partial charge in [-0.1, -0.05) is 48.0 Å². The van der Waals surface area contributed by atoms with Gasteiger partial charge in [0.05, 0.1) is 15.6 Å². The topological polar surface area (TPSA) is 34.9 Å². The third-order valence-electron chi connectivity index (χ3n) is 3.19. The first-order valence-electron chi connectivity index (χ1n) is 6.94. The Balaban J connectivity index is 2.20. The van der Waals surface area contributed by atoms with Crippen molar-refractivity contribution >= 4 is 38.5 Å². The smallest absolute Gasteiger partial charge is 0.266 e. The Bertz CT molecular complexity index is 434. The van der Waals surface area contributed by atoms with Crippen LogP contribution in [-0.4, -0.2) is 14.9 Å². The summed E-state index contributed by atoms with van der Waals surface area (Å²) in [6, 6.07) is 0. The molecule has 1 aromatic rings. The van der Waals surface area contributed by atoms with Crippen LogP contribution in [0.1, 0.15) is 50.6 Å². The second-order valence-electron chi connectivity index (χ2n) is 4.81. The predicted molar refractivity (Wildman–Crippen MR) is 92.1 cm³/mol. The molecule has 0 N–H and O–H groups in total. The van der Waals surface area contributed by atoms with E-state index >= 15 is 0 Å². The number of unbranched alkanes of at least 4 members (excludes halogenated alkanes) is 6. The van der Waals surface area contributed by atoms with E-state index in [1.54, 1.807) is 10.9 Å². The summed E-state index contributed by atoms with van der Waals surface area (Å²) in [4.78, 5) is 16.2. The molecule has 0 fully saturated rings. The van der Waals surface area contributed by atoms with Gasteiger partial charge >= 0.3 is 0 Å². The molecule has 0 aliphatic carbocycles. The molecule has 1 aromatic heterocycles. The van der Waals surface area contributed by atoms with Crippen molar-refractivity contribution in [3.8, 4) is 0 Å². The molecule has 0 aliphatic heterocycles. The van der Waals surface area contributed by atoms with Crippen LogP contribution in [-0.2, 0) is 6.54 Å². The van der Waals surface area contributed by atoms with E-state index in [-0.39, 0.29) is 5.56 Å². The molecule has 1 rings (SSSR count). The molecule has 0 saturated carbocycles. The minimum Gasteiger partial charge on any atom is -0.298 e. The molecule has 5 heteroatoms. The first kappa shape index (κ1) is 17.1. The highest BCUT2D eigenvalue weighted by Crippen LogP contribution is 2.09. The molecular formula is C14H22BrIN2O. The van der Waals surface area contributed by atoms with Crippen LogP contribution in [0.15, 0.2) is 11.1 Å². The summed E-state index contributed by atoms with van der Waals surface area (Å²) in [6.07, 6.45) is 10.5. The zero-order chi connectivity index (χ0) is 14.1. The number of hydrogen-bond donors (Lipinski definition) is 0. The van der Waals surface area contributed by atoms with Crippen LogP contribution in [0.4, 0.5) is 0 Å². The summed E-state index contributed by atoms with van der Waals surface area (Å²) < 4.78 is 2.48. The molecule has 108 valence electrons. The van der Waals surface area contributed by atoms with Crippen LogP contribution in [0.3, 0.4) is 0 Å². The van der Waals surface area contributed by atoms with Crippen molar-refractivity contribution in [2.24, 2.45) is 0 Å². The number of alkyl halides is 1. The zero-order valence-corrected chi connectivity index (χ0v) is 15.2. The Morgan fingerprint density at radius 3 is 2.37 bits per heavy atom. The van der Waals surface area contributed by atoms with Gasteiger partial charge in [-0.25, -0.2) is 4.98 Å². The van der Waals surface area contributed by atoms with Crippen molar-refractivity contribution in [1.29, 1.82) is 0 Å². The SMILES string of the molecule is Cc1ncn(CCCCCCCCCBr)c(=O)c1I. The molecular weight excluding hydrogens is 419 g/mol. The van der Waals surface area contributed by atoms with Crippen molar-refractivity contribution in [3.05, 3.63) is 25.9 Å². The van der Waals surface area contributed by atoms with Crippen LogP contribution in [0.5, 0.6) is 0 Å². The van der Waals surface area contributed by atoms with Gasteiger partial charge in [-0.15, -0.1) is 0 Å². The molecule has 19 heavy (non-hydrogen) atoms. The van der Waals surface area contributed by atoms with Crippen LogP contribution in [0.25, 0.3) is 0 Å². The van der Waals surface area contributed by atoms with Gasteiger partial charge < -0.3 is 0 Å². The highest BCUT2D eigenvalue weighted by Gasteiger charge is 2.04. The van der Waals surface area contributed by atoms with E-state index in [0.717, 1.165) is 27.6 Å². The Morgan fingerprint density at radius 2 is 1.74 bits per heavy atom. The highest BCUT2D eigenvalue weighted by molar-refractivity contribution is 14.1. The van der Waals surface area contributed by atoms with Crippen LogP contribution in [0, 0.1) is 10.5 Å². The van der Waals surface area contributed by atoms with E-state index in [4.69, 9.17) is 0 Å². The van der Waals surface area contributed by atoms with E-state index in [1.807, 2.05) is 6.92 Å². The maximum absolute atomic E-state index is 11.9. The molecule has 0 aromatic carbocycles. The number of aromatic nitrogens is 2. The largest absolute Gasteiger partial charge is 0.298 e. The predicted octanol–water partition coefficient (Wildman–Crippen LogP) is 4.28. The van der Waals surface area contributed by atoms with Gasteiger partial charge in [-0.3, -0.25) is 9.36 Å². The molecule has 3 nitrogen and oxygen atoms in total. The van der Waals surface area contributed by atoms with E-state index in [1.165, 1.54) is 38.5 Å². The standard InChI is InChI=1S/C14H22BrIN2O/c1-12-13(16)14(19)18(11-17-12)10-8-6-4-2-3-5-7-9-15/h11H,2-10H2,1H3. The van der Waals surface area contributed by atoms with Crippen LogP contribution in [0.2, 0.25) is 0 Å². The summed E-state index contributed by atoms with van der Waals surface area (Å²) >= 11 is 5.53. The van der Waals surface area contributed by atoms with Gasteiger partial charge in [-0.2, -0.15) is 0 Å². The summed E-state index contributed by atoms with van der Waals surface area (Å²) in [5, 5.41) is 1.12. The lowest BCUT2D eigenvalue weighted by Crippen LogP contribution is -2.24. The number of halogens is 2. The molecule has 0 aliphatic rings. The van der Waals surface area contributed by atoms with E-state index in [9.17, 15) is 4.79 Å². The van der Waals surface area contributed by atoms with E-state index in [0.29, 0.717) is 0 Å². The number of hydrogen-bond acceptors (Lipinski definition) is 2. The van der Waals surface area contributed by atoms with E-state index in [2.05, 4.69) is 43.5 Å². The molecule has 0 atom stereocenters. The lowest BCUT2D eigenvalue weighted by atomic mass is 10.1. The Morgan fingerprint density at radius 1 is 1.16 bits per heavy atom. The lowest BCUT2D eigenvalue weighted by molar-refractivity contribution is 0.538. The molecule has 0 bridgehead atoms. The van der Waals surface area contributed by atoms with Crippen molar-refractivity contribution in [3.63, 3.8) is 0 Å². The zero-order valence-electron chi connectivity index (χ0n) is 11.5. The molecule has 0 unspecified atom stereocenters. The quantitative estimate of drug-likeness (QED) is 0.326. The van der Waals surface area contributed by atoms with Crippen molar-refractivity contribution < 1.29 is 0 Å². The molecule has 0 radical (unpaired) electrons. The maximum Gasteiger partial charge on any atom is 0.266 e. The Kier molecular flexibility index (Phi) is 8.94. The number of rotatable bonds is 9. The summed E-state index contributed by atoms with van der Waals surface area (Å²) in [6.45, 7) is 2.67. The Hall–Kier alpha value is 0.0900. The van der Waals surface area contributed by atoms with Crippen molar-refractivity contribution in [2.75, 3.05) is 5.33 Å². The highest BCUT2D eigenvalue weighted by atomic mass is 127. The summed E-state index contributed by atoms with van der Waals surface area (Å²) in [5.74, 6) is 0. The molecule has 0 spiro atoms. The first-order valence-corrected chi connectivity index (χ1v) is 9.14. The lowest BCUT2D eigenvalue weighted by Gasteiger charge is -2.06. The summed E-state index contributed by atoms with van der Waals surface area (Å²) in [5.41, 5.74) is 0.930. The normalized spacial score (nSPS) is 10.9. The number of nitrogens with zero attached hydrogens (tertiary/aromatic N) is 2. The number of aryl methyl sites for hydroxylation is 2. The average molecular weight is 441 g/mol. The first-order chi connectivity index (χ1) is 9.16. The van der Waals surface area contributed by atoms with Gasteiger partial charge in [-0.05, 0) is 42.4 Å². The fraction of sp³-hybridized carbons (Fsp3) is 0.714. The maximum atomic E-state index is 11.9. The van der Waals surface area contributed by atoms with Gasteiger partial charge in [0.2, 0.25) is 0 Å². The second kappa shape index (κ2) is 9.91. The van der Waals surface area contributed by atoms with Gasteiger partial charge in [0.15, 0.2) is 0 Å². The third-order valence-corrected chi connectivity index (χ3v) is 4.99. The third kappa shape index (κ3) is 6.38. The second-order valence-corrected chi connectivity index (χ2v) is 6.68. The van der Waals surface area contributed by atoms with Crippen molar-refractivity contribution in [1.82, 2.24) is 9.55 Å². The fourth-order valence-electron chi connectivity index (χ4n) is 1.97. The monoisotopic (exact) mass is 440 g/mol.